The van der Waals surface area contributed by atoms with Gasteiger partial charge in [0.05, 0.1) is 11.8 Å². The van der Waals surface area contributed by atoms with Gasteiger partial charge in [-0.3, -0.25) is 9.78 Å². The van der Waals surface area contributed by atoms with Gasteiger partial charge < -0.3 is 10.5 Å². The Balaban J connectivity index is 2.27. The lowest BCUT2D eigenvalue weighted by atomic mass is 10.3. The Morgan fingerprint density at radius 1 is 1.33 bits per heavy atom. The van der Waals surface area contributed by atoms with Crippen LogP contribution in [0.2, 0.25) is 5.02 Å². The van der Waals surface area contributed by atoms with Crippen molar-refractivity contribution in [1.82, 2.24) is 9.97 Å². The van der Waals surface area contributed by atoms with Crippen molar-refractivity contribution in [1.29, 1.82) is 0 Å². The molecule has 0 saturated heterocycles. The Morgan fingerprint density at radius 2 is 2.11 bits per heavy atom. The number of hydrogen-bond donors (Lipinski definition) is 1. The number of amides is 1. The zero-order valence-corrected chi connectivity index (χ0v) is 11.3. The van der Waals surface area contributed by atoms with Crippen LogP contribution in [-0.2, 0) is 0 Å². The fourth-order valence-corrected chi connectivity index (χ4v) is 1.74. The number of ether oxygens (including phenoxy) is 1. The third-order valence-corrected chi connectivity index (χ3v) is 2.69. The van der Waals surface area contributed by atoms with Crippen LogP contribution in [0, 0.1) is 0 Å². The molecule has 18 heavy (non-hydrogen) atoms. The van der Waals surface area contributed by atoms with Crippen LogP contribution in [0.15, 0.2) is 35.2 Å². The molecular weight excluding hydrogens is 321 g/mol. The van der Waals surface area contributed by atoms with Crippen molar-refractivity contribution >= 4 is 33.4 Å². The van der Waals surface area contributed by atoms with E-state index in [0.29, 0.717) is 5.75 Å². The lowest BCUT2D eigenvalue weighted by Gasteiger charge is -2.06. The Labute approximate surface area is 116 Å². The van der Waals surface area contributed by atoms with Crippen LogP contribution in [0.3, 0.4) is 0 Å². The minimum Gasteiger partial charge on any atom is -0.436 e. The van der Waals surface area contributed by atoms with Gasteiger partial charge in [0.15, 0.2) is 0 Å². The van der Waals surface area contributed by atoms with Crippen molar-refractivity contribution in [3.8, 4) is 11.6 Å². The maximum atomic E-state index is 10.9. The van der Waals surface area contributed by atoms with Gasteiger partial charge >= 0.3 is 0 Å². The van der Waals surface area contributed by atoms with Crippen LogP contribution >= 0.6 is 27.5 Å². The third-order valence-electron chi connectivity index (χ3n) is 1.99. The van der Waals surface area contributed by atoms with E-state index in [1.807, 2.05) is 0 Å². The number of pyridine rings is 2. The average Bonchev–Trinajstić information content (AvgIpc) is 2.31. The third kappa shape index (κ3) is 2.96. The zero-order chi connectivity index (χ0) is 13.1. The summed E-state index contributed by atoms with van der Waals surface area (Å²) in [7, 11) is 0. The molecule has 0 aromatic carbocycles. The Kier molecular flexibility index (Phi) is 3.78. The van der Waals surface area contributed by atoms with Crippen LogP contribution in [0.25, 0.3) is 0 Å². The number of primary amides is 1. The van der Waals surface area contributed by atoms with Gasteiger partial charge in [0, 0.05) is 16.9 Å². The Bertz CT molecular complexity index is 607. The topological polar surface area (TPSA) is 78.1 Å². The number of nitrogens with two attached hydrogens (primary N) is 1. The van der Waals surface area contributed by atoms with E-state index in [4.69, 9.17) is 22.1 Å². The predicted octanol–water partition coefficient (Wildman–Crippen LogP) is 2.78. The summed E-state index contributed by atoms with van der Waals surface area (Å²) in [6.45, 7) is 0. The lowest BCUT2D eigenvalue weighted by Crippen LogP contribution is -2.11. The smallest absolute Gasteiger partial charge is 0.250 e. The molecule has 0 aliphatic heterocycles. The minimum absolute atomic E-state index is 0.182. The van der Waals surface area contributed by atoms with Gasteiger partial charge in [-0.05, 0) is 28.1 Å². The van der Waals surface area contributed by atoms with Crippen molar-refractivity contribution in [3.63, 3.8) is 0 Å². The number of carbonyl (C=O) groups excluding carboxylic acids is 1. The number of aromatic nitrogens is 2. The normalized spacial score (nSPS) is 10.1. The Hall–Kier alpha value is -1.66. The fourth-order valence-electron chi connectivity index (χ4n) is 1.20. The van der Waals surface area contributed by atoms with Gasteiger partial charge in [-0.15, -0.1) is 0 Å². The molecule has 0 saturated carbocycles. The molecule has 2 N–H and O–H groups in total. The number of halogens is 2. The molecule has 0 spiro atoms. The summed E-state index contributed by atoms with van der Waals surface area (Å²) in [5.74, 6) is 0.0623. The summed E-state index contributed by atoms with van der Waals surface area (Å²) in [4.78, 5) is 18.8. The van der Waals surface area contributed by atoms with E-state index in [2.05, 4.69) is 25.9 Å². The second-order valence-corrected chi connectivity index (χ2v) is 4.64. The van der Waals surface area contributed by atoms with Gasteiger partial charge in [0.2, 0.25) is 11.8 Å². The molecule has 2 aromatic rings. The molecule has 0 bridgehead atoms. The summed E-state index contributed by atoms with van der Waals surface area (Å²) in [6, 6.07) is 3.12. The molecule has 2 aromatic heterocycles. The van der Waals surface area contributed by atoms with Crippen LogP contribution in [0.4, 0.5) is 0 Å². The number of hydrogen-bond acceptors (Lipinski definition) is 4. The van der Waals surface area contributed by atoms with E-state index >= 15 is 0 Å². The highest BCUT2D eigenvalue weighted by Crippen LogP contribution is 2.28. The predicted molar refractivity (Wildman–Crippen MR) is 69.8 cm³/mol. The van der Waals surface area contributed by atoms with Crippen molar-refractivity contribution in [2.75, 3.05) is 0 Å². The van der Waals surface area contributed by atoms with E-state index in [1.54, 1.807) is 12.3 Å². The van der Waals surface area contributed by atoms with Gasteiger partial charge in [0.1, 0.15) is 10.8 Å². The van der Waals surface area contributed by atoms with Gasteiger partial charge in [-0.25, -0.2) is 4.98 Å². The van der Waals surface area contributed by atoms with Crippen LogP contribution in [0.1, 0.15) is 10.4 Å². The van der Waals surface area contributed by atoms with E-state index in [-0.39, 0.29) is 16.5 Å². The molecule has 0 atom stereocenters. The number of nitrogens with zero attached hydrogens (tertiary/aromatic N) is 2. The molecule has 7 heteroatoms. The van der Waals surface area contributed by atoms with Crippen molar-refractivity contribution in [3.05, 3.63) is 45.8 Å². The molecule has 0 aliphatic carbocycles. The fraction of sp³-hybridized carbons (Fsp3) is 0. The standard InChI is InChI=1S/C11H7BrClN3O2/c12-7-2-8(5-15-4-7)18-11-9(13)1-6(3-16-11)10(14)17/h1-5H,(H2,14,17). The van der Waals surface area contributed by atoms with Crippen LogP contribution < -0.4 is 10.5 Å². The minimum atomic E-state index is -0.597. The van der Waals surface area contributed by atoms with Crippen molar-refractivity contribution < 1.29 is 9.53 Å². The molecule has 5 nitrogen and oxygen atoms in total. The summed E-state index contributed by atoms with van der Waals surface area (Å²) < 4.78 is 6.21. The molecule has 0 unspecified atom stereocenters. The van der Waals surface area contributed by atoms with Gasteiger partial charge in [0.25, 0.3) is 0 Å². The first kappa shape index (κ1) is 12.8. The monoisotopic (exact) mass is 327 g/mol. The first-order valence-corrected chi connectivity index (χ1v) is 5.97. The largest absolute Gasteiger partial charge is 0.436 e. The molecule has 92 valence electrons. The first-order valence-electron chi connectivity index (χ1n) is 4.80. The van der Waals surface area contributed by atoms with Gasteiger partial charge in [-0.1, -0.05) is 11.6 Å². The molecule has 0 radical (unpaired) electrons. The van der Waals surface area contributed by atoms with E-state index in [0.717, 1.165) is 4.47 Å². The van der Waals surface area contributed by atoms with Gasteiger partial charge in [-0.2, -0.15) is 0 Å². The maximum absolute atomic E-state index is 10.9. The van der Waals surface area contributed by atoms with E-state index in [9.17, 15) is 4.79 Å². The number of carbonyl (C=O) groups is 1. The zero-order valence-electron chi connectivity index (χ0n) is 8.93. The quantitative estimate of drug-likeness (QED) is 0.939. The average molecular weight is 329 g/mol. The summed E-state index contributed by atoms with van der Waals surface area (Å²) in [6.07, 6.45) is 4.44. The highest BCUT2D eigenvalue weighted by molar-refractivity contribution is 9.10. The first-order chi connectivity index (χ1) is 8.56. The highest BCUT2D eigenvalue weighted by atomic mass is 79.9. The second-order valence-electron chi connectivity index (χ2n) is 3.32. The number of rotatable bonds is 3. The van der Waals surface area contributed by atoms with Crippen molar-refractivity contribution in [2.24, 2.45) is 5.73 Å². The molecule has 2 rings (SSSR count). The Morgan fingerprint density at radius 3 is 2.72 bits per heavy atom. The second kappa shape index (κ2) is 5.32. The van der Waals surface area contributed by atoms with Crippen LogP contribution in [0.5, 0.6) is 11.6 Å². The van der Waals surface area contributed by atoms with E-state index < -0.39 is 5.91 Å². The molecule has 0 aliphatic rings. The van der Waals surface area contributed by atoms with Crippen molar-refractivity contribution in [2.45, 2.75) is 0 Å². The summed E-state index contributed by atoms with van der Waals surface area (Å²) >= 11 is 9.20. The lowest BCUT2D eigenvalue weighted by molar-refractivity contribution is 0.1000. The SMILES string of the molecule is NC(=O)c1cnc(Oc2cncc(Br)c2)c(Cl)c1. The molecule has 1 amide bonds. The maximum Gasteiger partial charge on any atom is 0.250 e. The molecule has 0 fully saturated rings. The van der Waals surface area contributed by atoms with Crippen LogP contribution in [-0.4, -0.2) is 15.9 Å². The molecular formula is C11H7BrClN3O2. The summed E-state index contributed by atoms with van der Waals surface area (Å²) in [5, 5.41) is 0.200. The summed E-state index contributed by atoms with van der Waals surface area (Å²) in [5.41, 5.74) is 5.33. The molecule has 2 heterocycles. The highest BCUT2D eigenvalue weighted by Gasteiger charge is 2.09. The van der Waals surface area contributed by atoms with E-state index in [1.165, 1.54) is 18.5 Å².